The van der Waals surface area contributed by atoms with E-state index in [-0.39, 0.29) is 0 Å². The van der Waals surface area contributed by atoms with Crippen LogP contribution in [-0.4, -0.2) is 9.97 Å². The topological polar surface area (TPSA) is 25.8 Å². The molecule has 0 aliphatic heterocycles. The maximum atomic E-state index is 4.46. The Morgan fingerprint density at radius 3 is 1.83 bits per heavy atom. The molecule has 0 saturated carbocycles. The summed E-state index contributed by atoms with van der Waals surface area (Å²) in [6.07, 6.45) is 0. The van der Waals surface area contributed by atoms with E-state index in [0.717, 1.165) is 20.7 Å². The zero-order chi connectivity index (χ0) is 7.97. The molecule has 0 aliphatic carbocycles. The van der Waals surface area contributed by atoms with Gasteiger partial charge in [0.15, 0.2) is 0 Å². The Morgan fingerprint density at radius 2 is 1.33 bits per heavy atom. The SMILES string of the molecule is c1cc2nc3sccc3nc2s1. The molecule has 0 N–H and O–H groups in total. The molecule has 12 heavy (non-hydrogen) atoms. The quantitative estimate of drug-likeness (QED) is 0.547. The summed E-state index contributed by atoms with van der Waals surface area (Å²) in [5, 5.41) is 4.04. The first kappa shape index (κ1) is 6.51. The first-order chi connectivity index (χ1) is 5.93. The molecule has 0 aliphatic rings. The van der Waals surface area contributed by atoms with Crippen LogP contribution in [-0.2, 0) is 0 Å². The lowest BCUT2D eigenvalue weighted by atomic mass is 10.5. The van der Waals surface area contributed by atoms with Crippen LogP contribution in [0.1, 0.15) is 0 Å². The van der Waals surface area contributed by atoms with Gasteiger partial charge < -0.3 is 0 Å². The van der Waals surface area contributed by atoms with Crippen molar-refractivity contribution < 1.29 is 0 Å². The van der Waals surface area contributed by atoms with E-state index >= 15 is 0 Å². The second kappa shape index (κ2) is 2.24. The van der Waals surface area contributed by atoms with E-state index in [1.54, 1.807) is 22.7 Å². The van der Waals surface area contributed by atoms with Gasteiger partial charge in [0.2, 0.25) is 0 Å². The summed E-state index contributed by atoms with van der Waals surface area (Å²) < 4.78 is 0. The summed E-state index contributed by atoms with van der Waals surface area (Å²) in [4.78, 5) is 11.0. The van der Waals surface area contributed by atoms with Crippen LogP contribution in [0, 0.1) is 0 Å². The summed E-state index contributed by atoms with van der Waals surface area (Å²) in [6, 6.07) is 4.01. The lowest BCUT2D eigenvalue weighted by molar-refractivity contribution is 1.46. The molecule has 58 valence electrons. The Bertz CT molecular complexity index is 447. The average molecular weight is 192 g/mol. The van der Waals surface area contributed by atoms with E-state index < -0.39 is 0 Å². The van der Waals surface area contributed by atoms with Gasteiger partial charge in [0, 0.05) is 0 Å². The number of fused-ring (bicyclic) bond motifs is 2. The van der Waals surface area contributed by atoms with E-state index in [4.69, 9.17) is 0 Å². The Balaban J connectivity index is 2.62. The van der Waals surface area contributed by atoms with Gasteiger partial charge in [-0.1, -0.05) is 0 Å². The molecule has 0 fully saturated rings. The molecule has 0 atom stereocenters. The molecular formula is C8H4N2S2. The van der Waals surface area contributed by atoms with Crippen molar-refractivity contribution in [2.45, 2.75) is 0 Å². The molecule has 3 heterocycles. The van der Waals surface area contributed by atoms with Crippen LogP contribution in [0.4, 0.5) is 0 Å². The number of thiophene rings is 2. The normalized spacial score (nSPS) is 11.3. The molecule has 3 aromatic rings. The van der Waals surface area contributed by atoms with Crippen molar-refractivity contribution >= 4 is 43.4 Å². The molecular weight excluding hydrogens is 188 g/mol. The highest BCUT2D eigenvalue weighted by Crippen LogP contribution is 2.23. The van der Waals surface area contributed by atoms with Crippen molar-refractivity contribution in [1.29, 1.82) is 0 Å². The molecule has 0 unspecified atom stereocenters. The molecule has 0 radical (unpaired) electrons. The second-order valence-corrected chi connectivity index (χ2v) is 4.23. The average Bonchev–Trinajstić information content (AvgIpc) is 2.64. The summed E-state index contributed by atoms with van der Waals surface area (Å²) in [5.41, 5.74) is 2.02. The van der Waals surface area contributed by atoms with Crippen molar-refractivity contribution in [3.05, 3.63) is 22.9 Å². The van der Waals surface area contributed by atoms with E-state index in [1.165, 1.54) is 0 Å². The van der Waals surface area contributed by atoms with Gasteiger partial charge in [0.25, 0.3) is 0 Å². The maximum Gasteiger partial charge on any atom is 0.142 e. The highest BCUT2D eigenvalue weighted by Gasteiger charge is 2.01. The van der Waals surface area contributed by atoms with Crippen LogP contribution in [0.5, 0.6) is 0 Å². The largest absolute Gasteiger partial charge is 0.233 e. The molecule has 0 aromatic carbocycles. The summed E-state index contributed by atoms with van der Waals surface area (Å²) >= 11 is 3.27. The fourth-order valence-corrected chi connectivity index (χ4v) is 2.57. The van der Waals surface area contributed by atoms with Crippen molar-refractivity contribution in [1.82, 2.24) is 9.97 Å². The predicted molar refractivity (Wildman–Crippen MR) is 52.8 cm³/mol. The van der Waals surface area contributed by atoms with Crippen LogP contribution < -0.4 is 0 Å². The Morgan fingerprint density at radius 1 is 0.833 bits per heavy atom. The van der Waals surface area contributed by atoms with Gasteiger partial charge >= 0.3 is 0 Å². The fraction of sp³-hybridized carbons (Fsp3) is 0. The standard InChI is InChI=1S/C8H4N2S2/c1-3-11-7-5(1)9-8-6(10-7)2-4-12-8/h1-4H. The molecule has 3 aromatic heterocycles. The fourth-order valence-electron chi connectivity index (χ4n) is 1.15. The second-order valence-electron chi connectivity index (χ2n) is 2.45. The zero-order valence-electron chi connectivity index (χ0n) is 6.02. The molecule has 4 heteroatoms. The number of hydrogen-bond donors (Lipinski definition) is 0. The van der Waals surface area contributed by atoms with Gasteiger partial charge in [-0.25, -0.2) is 9.97 Å². The van der Waals surface area contributed by atoms with Crippen molar-refractivity contribution in [2.24, 2.45) is 0 Å². The Labute approximate surface area is 76.5 Å². The van der Waals surface area contributed by atoms with E-state index in [2.05, 4.69) is 9.97 Å². The van der Waals surface area contributed by atoms with E-state index in [9.17, 15) is 0 Å². The molecule has 0 amide bonds. The first-order valence-electron chi connectivity index (χ1n) is 3.52. The lowest BCUT2D eigenvalue weighted by Crippen LogP contribution is -1.76. The van der Waals surface area contributed by atoms with Gasteiger partial charge in [-0.05, 0) is 22.9 Å². The maximum absolute atomic E-state index is 4.46. The smallest absolute Gasteiger partial charge is 0.142 e. The summed E-state index contributed by atoms with van der Waals surface area (Å²) in [5.74, 6) is 0. The van der Waals surface area contributed by atoms with Crippen LogP contribution >= 0.6 is 22.7 Å². The minimum absolute atomic E-state index is 1.01. The third kappa shape index (κ3) is 0.790. The van der Waals surface area contributed by atoms with Crippen LogP contribution in [0.3, 0.4) is 0 Å². The molecule has 2 nitrogen and oxygen atoms in total. The van der Waals surface area contributed by atoms with E-state index in [0.29, 0.717) is 0 Å². The number of nitrogens with zero attached hydrogens (tertiary/aromatic N) is 2. The van der Waals surface area contributed by atoms with Crippen LogP contribution in [0.25, 0.3) is 20.7 Å². The van der Waals surface area contributed by atoms with Crippen LogP contribution in [0.2, 0.25) is 0 Å². The van der Waals surface area contributed by atoms with Gasteiger partial charge in [-0.2, -0.15) is 0 Å². The van der Waals surface area contributed by atoms with Gasteiger partial charge in [-0.15, -0.1) is 22.7 Å². The minimum Gasteiger partial charge on any atom is -0.233 e. The number of aromatic nitrogens is 2. The van der Waals surface area contributed by atoms with Gasteiger partial charge in [0.05, 0.1) is 0 Å². The van der Waals surface area contributed by atoms with Crippen LogP contribution in [0.15, 0.2) is 22.9 Å². The first-order valence-corrected chi connectivity index (χ1v) is 5.28. The van der Waals surface area contributed by atoms with Gasteiger partial charge in [0.1, 0.15) is 20.7 Å². The minimum atomic E-state index is 1.01. The molecule has 3 rings (SSSR count). The lowest BCUT2D eigenvalue weighted by Gasteiger charge is -1.87. The summed E-state index contributed by atoms with van der Waals surface area (Å²) in [6.45, 7) is 0. The van der Waals surface area contributed by atoms with Crippen molar-refractivity contribution in [2.75, 3.05) is 0 Å². The van der Waals surface area contributed by atoms with Crippen molar-refractivity contribution in [3.8, 4) is 0 Å². The Kier molecular flexibility index (Phi) is 1.22. The van der Waals surface area contributed by atoms with Crippen molar-refractivity contribution in [3.63, 3.8) is 0 Å². The highest BCUT2D eigenvalue weighted by atomic mass is 32.1. The predicted octanol–water partition coefficient (Wildman–Crippen LogP) is 2.91. The zero-order valence-corrected chi connectivity index (χ0v) is 7.65. The number of hydrogen-bond acceptors (Lipinski definition) is 4. The molecule has 0 spiro atoms. The van der Waals surface area contributed by atoms with E-state index in [1.807, 2.05) is 22.9 Å². The molecule has 0 saturated heterocycles. The monoisotopic (exact) mass is 192 g/mol. The molecule has 0 bridgehead atoms. The summed E-state index contributed by atoms with van der Waals surface area (Å²) in [7, 11) is 0. The van der Waals surface area contributed by atoms with Gasteiger partial charge in [-0.3, -0.25) is 0 Å². The Hall–Kier alpha value is -1.00. The highest BCUT2D eigenvalue weighted by molar-refractivity contribution is 7.17. The third-order valence-corrected chi connectivity index (χ3v) is 3.29. The number of rotatable bonds is 0. The third-order valence-electron chi connectivity index (χ3n) is 1.69.